The van der Waals surface area contributed by atoms with Crippen LogP contribution in [0.3, 0.4) is 0 Å². The van der Waals surface area contributed by atoms with Crippen LogP contribution in [0.5, 0.6) is 0 Å². The van der Waals surface area contributed by atoms with Gasteiger partial charge in [0.2, 0.25) is 0 Å². The van der Waals surface area contributed by atoms with Gasteiger partial charge in [-0.05, 0) is 12.1 Å². The number of nitrogen functional groups attached to an aromatic ring is 1. The molecule has 0 aromatic carbocycles. The SMILES string of the molecule is Nc1ccc(NO)cn1. The summed E-state index contributed by atoms with van der Waals surface area (Å²) in [6, 6.07) is 3.22. The zero-order valence-electron chi connectivity index (χ0n) is 4.70. The molecular weight excluding hydrogens is 118 g/mol. The molecule has 0 aliphatic carbocycles. The molecule has 48 valence electrons. The highest BCUT2D eigenvalue weighted by Crippen LogP contribution is 2.04. The number of hydrogen-bond acceptors (Lipinski definition) is 4. The summed E-state index contributed by atoms with van der Waals surface area (Å²) in [5, 5.41) is 8.30. The molecule has 0 aliphatic heterocycles. The molecule has 0 bridgehead atoms. The van der Waals surface area contributed by atoms with E-state index in [4.69, 9.17) is 10.9 Å². The third-order valence-electron chi connectivity index (χ3n) is 0.915. The van der Waals surface area contributed by atoms with Crippen LogP contribution in [0.2, 0.25) is 0 Å². The van der Waals surface area contributed by atoms with Crippen LogP contribution in [0.25, 0.3) is 0 Å². The van der Waals surface area contributed by atoms with Crippen LogP contribution in [0.4, 0.5) is 11.5 Å². The summed E-state index contributed by atoms with van der Waals surface area (Å²) >= 11 is 0. The van der Waals surface area contributed by atoms with E-state index in [-0.39, 0.29) is 0 Å². The highest BCUT2D eigenvalue weighted by molar-refractivity contribution is 5.43. The summed E-state index contributed by atoms with van der Waals surface area (Å²) in [6.07, 6.45) is 1.44. The van der Waals surface area contributed by atoms with Crippen LogP contribution in [0, 0.1) is 0 Å². The molecule has 0 fully saturated rings. The van der Waals surface area contributed by atoms with E-state index in [1.807, 2.05) is 5.48 Å². The molecular formula is C5H7N3O. The maximum Gasteiger partial charge on any atom is 0.123 e. The van der Waals surface area contributed by atoms with E-state index in [2.05, 4.69) is 4.98 Å². The predicted octanol–water partition coefficient (Wildman–Crippen LogP) is 0.465. The fraction of sp³-hybridized carbons (Fsp3) is 0. The van der Waals surface area contributed by atoms with Crippen LogP contribution in [-0.2, 0) is 0 Å². The number of hydrogen-bond donors (Lipinski definition) is 3. The Hall–Kier alpha value is -1.29. The Bertz CT molecular complexity index is 184. The Balaban J connectivity index is 2.88. The zero-order chi connectivity index (χ0) is 6.69. The molecule has 0 saturated heterocycles. The smallest absolute Gasteiger partial charge is 0.123 e. The first kappa shape index (κ1) is 5.84. The summed E-state index contributed by atoms with van der Waals surface area (Å²) in [4.78, 5) is 3.71. The highest BCUT2D eigenvalue weighted by atomic mass is 16.5. The molecule has 0 saturated carbocycles. The van der Waals surface area contributed by atoms with Gasteiger partial charge in [0.1, 0.15) is 5.82 Å². The second kappa shape index (κ2) is 2.32. The minimum absolute atomic E-state index is 0.439. The number of aromatic nitrogens is 1. The van der Waals surface area contributed by atoms with Crippen LogP contribution in [-0.4, -0.2) is 10.2 Å². The summed E-state index contributed by atoms with van der Waals surface area (Å²) in [5.41, 5.74) is 7.73. The third kappa shape index (κ3) is 1.30. The first-order valence-electron chi connectivity index (χ1n) is 2.44. The lowest BCUT2D eigenvalue weighted by Gasteiger charge is -1.95. The van der Waals surface area contributed by atoms with Crippen molar-refractivity contribution >= 4 is 11.5 Å². The quantitative estimate of drug-likeness (QED) is 0.477. The van der Waals surface area contributed by atoms with Gasteiger partial charge in [0.15, 0.2) is 0 Å². The molecule has 9 heavy (non-hydrogen) atoms. The van der Waals surface area contributed by atoms with Gasteiger partial charge >= 0.3 is 0 Å². The molecule has 4 N–H and O–H groups in total. The van der Waals surface area contributed by atoms with Gasteiger partial charge < -0.3 is 5.73 Å². The maximum absolute atomic E-state index is 8.30. The molecule has 0 unspecified atom stereocenters. The number of anilines is 2. The van der Waals surface area contributed by atoms with Crippen LogP contribution < -0.4 is 11.2 Å². The van der Waals surface area contributed by atoms with E-state index in [1.54, 1.807) is 12.1 Å². The normalized spacial score (nSPS) is 9.00. The second-order valence-corrected chi connectivity index (χ2v) is 1.58. The van der Waals surface area contributed by atoms with Crippen molar-refractivity contribution in [1.82, 2.24) is 4.98 Å². The Kier molecular flexibility index (Phi) is 1.51. The molecule has 0 aliphatic rings. The molecule has 0 spiro atoms. The maximum atomic E-state index is 8.30. The molecule has 0 amide bonds. The first-order valence-corrected chi connectivity index (χ1v) is 2.44. The molecule has 1 aromatic rings. The largest absolute Gasteiger partial charge is 0.384 e. The van der Waals surface area contributed by atoms with Crippen molar-refractivity contribution in [1.29, 1.82) is 0 Å². The highest BCUT2D eigenvalue weighted by Gasteiger charge is 1.86. The van der Waals surface area contributed by atoms with Gasteiger partial charge in [-0.15, -0.1) is 0 Å². The zero-order valence-corrected chi connectivity index (χ0v) is 4.70. The predicted molar refractivity (Wildman–Crippen MR) is 34.1 cm³/mol. The number of rotatable bonds is 1. The fourth-order valence-electron chi connectivity index (χ4n) is 0.471. The Morgan fingerprint density at radius 3 is 2.78 bits per heavy atom. The van der Waals surface area contributed by atoms with Gasteiger partial charge in [-0.3, -0.25) is 10.7 Å². The lowest BCUT2D eigenvalue weighted by Crippen LogP contribution is -1.92. The summed E-state index contributed by atoms with van der Waals surface area (Å²) in [7, 11) is 0. The van der Waals surface area contributed by atoms with Crippen molar-refractivity contribution in [2.45, 2.75) is 0 Å². The van der Waals surface area contributed by atoms with Crippen molar-refractivity contribution in [3.05, 3.63) is 18.3 Å². The van der Waals surface area contributed by atoms with Gasteiger partial charge in [0.05, 0.1) is 11.9 Å². The second-order valence-electron chi connectivity index (χ2n) is 1.58. The molecule has 4 nitrogen and oxygen atoms in total. The van der Waals surface area contributed by atoms with E-state index in [1.165, 1.54) is 6.20 Å². The Morgan fingerprint density at radius 1 is 1.56 bits per heavy atom. The Morgan fingerprint density at radius 2 is 2.33 bits per heavy atom. The third-order valence-corrected chi connectivity index (χ3v) is 0.915. The minimum atomic E-state index is 0.439. The van der Waals surface area contributed by atoms with Gasteiger partial charge in [0.25, 0.3) is 0 Å². The van der Waals surface area contributed by atoms with E-state index in [0.29, 0.717) is 11.5 Å². The van der Waals surface area contributed by atoms with E-state index >= 15 is 0 Å². The summed E-state index contributed by atoms with van der Waals surface area (Å²) < 4.78 is 0. The van der Waals surface area contributed by atoms with Crippen LogP contribution in [0.1, 0.15) is 0 Å². The van der Waals surface area contributed by atoms with Gasteiger partial charge in [0, 0.05) is 0 Å². The Labute approximate surface area is 52.3 Å². The minimum Gasteiger partial charge on any atom is -0.384 e. The van der Waals surface area contributed by atoms with Crippen LogP contribution in [0.15, 0.2) is 18.3 Å². The average Bonchev–Trinajstić information content (AvgIpc) is 1.90. The molecule has 0 radical (unpaired) electrons. The molecule has 1 heterocycles. The number of pyridine rings is 1. The van der Waals surface area contributed by atoms with Gasteiger partial charge in [-0.1, -0.05) is 0 Å². The first-order chi connectivity index (χ1) is 4.33. The monoisotopic (exact) mass is 125 g/mol. The van der Waals surface area contributed by atoms with E-state index in [9.17, 15) is 0 Å². The molecule has 4 heteroatoms. The van der Waals surface area contributed by atoms with Gasteiger partial charge in [-0.25, -0.2) is 4.98 Å². The van der Waals surface area contributed by atoms with Crippen molar-refractivity contribution < 1.29 is 5.21 Å². The molecule has 1 rings (SSSR count). The van der Waals surface area contributed by atoms with Crippen molar-refractivity contribution in [3.63, 3.8) is 0 Å². The van der Waals surface area contributed by atoms with Crippen molar-refractivity contribution in [2.75, 3.05) is 11.2 Å². The number of nitrogens with one attached hydrogen (secondary N) is 1. The topological polar surface area (TPSA) is 71.2 Å². The van der Waals surface area contributed by atoms with Crippen molar-refractivity contribution in [2.24, 2.45) is 0 Å². The van der Waals surface area contributed by atoms with Crippen molar-refractivity contribution in [3.8, 4) is 0 Å². The summed E-state index contributed by atoms with van der Waals surface area (Å²) in [6.45, 7) is 0. The van der Waals surface area contributed by atoms with E-state index in [0.717, 1.165) is 0 Å². The van der Waals surface area contributed by atoms with Crippen LogP contribution >= 0.6 is 0 Å². The lowest BCUT2D eigenvalue weighted by molar-refractivity contribution is 0.388. The molecule has 1 aromatic heterocycles. The number of nitrogens with zero attached hydrogens (tertiary/aromatic N) is 1. The summed E-state index contributed by atoms with van der Waals surface area (Å²) in [5.74, 6) is 0.439. The van der Waals surface area contributed by atoms with E-state index < -0.39 is 0 Å². The van der Waals surface area contributed by atoms with Gasteiger partial charge in [-0.2, -0.15) is 0 Å². The number of nitrogens with two attached hydrogens (primary N) is 1. The molecule has 0 atom stereocenters. The standard InChI is InChI=1S/C5H7N3O/c6-5-2-1-4(8-9)3-7-5/h1-3,8-9H,(H2,6,7). The fourth-order valence-corrected chi connectivity index (χ4v) is 0.471. The lowest BCUT2D eigenvalue weighted by atomic mass is 10.4. The average molecular weight is 125 g/mol.